The van der Waals surface area contributed by atoms with Crippen molar-refractivity contribution in [3.05, 3.63) is 101 Å². The average molecular weight is 525 g/mol. The van der Waals surface area contributed by atoms with Crippen LogP contribution < -0.4 is 10.1 Å². The van der Waals surface area contributed by atoms with Crippen LogP contribution in [0.2, 0.25) is 5.02 Å². The fourth-order valence-corrected chi connectivity index (χ4v) is 4.03. The fraction of sp³-hybridized carbons (Fsp3) is 0.185. The largest absolute Gasteiger partial charge is 0.485 e. The molecule has 186 valence electrons. The Bertz CT molecular complexity index is 1200. The van der Waals surface area contributed by atoms with Crippen LogP contribution >= 0.6 is 23.4 Å². The predicted molar refractivity (Wildman–Crippen MR) is 141 cm³/mol. The quantitative estimate of drug-likeness (QED) is 0.119. The van der Waals surface area contributed by atoms with Gasteiger partial charge in [-0.1, -0.05) is 78.0 Å². The number of thioether (sulfide) groups is 1. The first kappa shape index (κ1) is 27.0. The summed E-state index contributed by atoms with van der Waals surface area (Å²) < 4.78 is 10.6. The van der Waals surface area contributed by atoms with Gasteiger partial charge in [-0.15, -0.1) is 0 Å². The molecule has 0 atom stereocenters. The molecule has 3 rings (SSSR count). The summed E-state index contributed by atoms with van der Waals surface area (Å²) in [5.74, 6) is -0.316. The molecule has 3 aromatic rings. The van der Waals surface area contributed by atoms with E-state index in [0.29, 0.717) is 28.5 Å². The molecule has 2 N–H and O–H groups in total. The van der Waals surface area contributed by atoms with Crippen LogP contribution in [0.3, 0.4) is 0 Å². The highest BCUT2D eigenvalue weighted by Crippen LogP contribution is 2.18. The van der Waals surface area contributed by atoms with E-state index in [-0.39, 0.29) is 24.2 Å². The van der Waals surface area contributed by atoms with Gasteiger partial charge in [0, 0.05) is 11.3 Å². The average Bonchev–Trinajstić information content (AvgIpc) is 2.87. The molecule has 3 aromatic carbocycles. The van der Waals surface area contributed by atoms with Gasteiger partial charge in [0.15, 0.2) is 11.8 Å². The first-order chi connectivity index (χ1) is 17.4. The molecule has 0 radical (unpaired) electrons. The second-order valence-electron chi connectivity index (χ2n) is 7.63. The van der Waals surface area contributed by atoms with Gasteiger partial charge in [-0.2, -0.15) is 0 Å². The van der Waals surface area contributed by atoms with Crippen molar-refractivity contribution < 1.29 is 23.9 Å². The first-order valence-corrected chi connectivity index (χ1v) is 12.5. The van der Waals surface area contributed by atoms with Gasteiger partial charge >= 0.3 is 5.97 Å². The number of amides is 1. The van der Waals surface area contributed by atoms with Gasteiger partial charge in [0.05, 0.1) is 5.02 Å². The Morgan fingerprint density at radius 3 is 2.31 bits per heavy atom. The Morgan fingerprint density at radius 1 is 0.889 bits per heavy atom. The Kier molecular flexibility index (Phi) is 10.5. The number of hydrogen-bond donors (Lipinski definition) is 2. The summed E-state index contributed by atoms with van der Waals surface area (Å²) in [4.78, 5) is 36.0. The summed E-state index contributed by atoms with van der Waals surface area (Å²) in [5, 5.41) is 10.7. The molecule has 36 heavy (non-hydrogen) atoms. The van der Waals surface area contributed by atoms with Gasteiger partial charge in [-0.05, 0) is 41.8 Å². The van der Waals surface area contributed by atoms with E-state index in [2.05, 4.69) is 5.32 Å². The molecule has 0 bridgehead atoms. The monoisotopic (exact) mass is 524 g/mol. The summed E-state index contributed by atoms with van der Waals surface area (Å²) in [7, 11) is 0. The molecule has 0 aliphatic rings. The van der Waals surface area contributed by atoms with Gasteiger partial charge in [-0.25, -0.2) is 0 Å². The zero-order valence-electron chi connectivity index (χ0n) is 19.4. The fourth-order valence-electron chi connectivity index (χ4n) is 3.06. The maximum Gasteiger partial charge on any atom is 0.315 e. The van der Waals surface area contributed by atoms with E-state index in [1.807, 2.05) is 42.5 Å². The van der Waals surface area contributed by atoms with Crippen LogP contribution in [0.5, 0.6) is 5.75 Å². The molecule has 0 unspecified atom stereocenters. The van der Waals surface area contributed by atoms with E-state index in [4.69, 9.17) is 26.5 Å². The van der Waals surface area contributed by atoms with Crippen LogP contribution in [0.15, 0.2) is 78.9 Å². The van der Waals surface area contributed by atoms with Crippen molar-refractivity contribution in [3.63, 3.8) is 0 Å². The second-order valence-corrected chi connectivity index (χ2v) is 9.15. The minimum Gasteiger partial charge on any atom is -0.485 e. The molecule has 0 aliphatic heterocycles. The van der Waals surface area contributed by atoms with Crippen molar-refractivity contribution in [2.75, 3.05) is 12.4 Å². The number of carbonyl (C=O) groups is 3. The number of rotatable bonds is 11. The molecule has 0 aromatic heterocycles. The lowest BCUT2D eigenvalue weighted by atomic mass is 10.1. The summed E-state index contributed by atoms with van der Waals surface area (Å²) in [6.07, 6.45) is 0.205. The third-order valence-corrected chi connectivity index (χ3v) is 6.03. The molecular weight excluding hydrogens is 500 g/mol. The lowest BCUT2D eigenvalue weighted by Crippen LogP contribution is -2.30. The smallest absolute Gasteiger partial charge is 0.315 e. The van der Waals surface area contributed by atoms with Crippen LogP contribution in [0.25, 0.3) is 0 Å². The number of ketones is 1. The third kappa shape index (κ3) is 9.20. The lowest BCUT2D eigenvalue weighted by Gasteiger charge is -2.09. The molecular formula is C27H25ClN2O5S. The van der Waals surface area contributed by atoms with Gasteiger partial charge in [-0.3, -0.25) is 19.8 Å². The molecule has 0 saturated carbocycles. The molecule has 0 fully saturated rings. The minimum atomic E-state index is -0.648. The highest BCUT2D eigenvalue weighted by molar-refractivity contribution is 8.13. The summed E-state index contributed by atoms with van der Waals surface area (Å²) in [6.45, 7) is -0.0176. The Labute approximate surface area is 218 Å². The number of carbonyl (C=O) groups excluding carboxylic acids is 3. The SMILES string of the molecule is N=C(NC(=O)CC(=O)OCc1ccccc1)SCCc1ccc(OCC(=O)c2ccccc2Cl)cc1. The molecule has 9 heteroatoms. The number of aryl methyl sites for hydroxylation is 1. The highest BCUT2D eigenvalue weighted by Gasteiger charge is 2.13. The standard InChI is InChI=1S/C27H25ClN2O5S/c28-23-9-5-4-8-22(23)24(31)18-34-21-12-10-19(11-13-21)14-15-36-27(29)30-25(32)16-26(33)35-17-20-6-2-1-3-7-20/h1-13H,14-18H2,(H2,29,30,32). The molecule has 0 spiro atoms. The van der Waals surface area contributed by atoms with Crippen molar-refractivity contribution >= 4 is 46.2 Å². The van der Waals surface area contributed by atoms with Crippen LogP contribution in [0, 0.1) is 5.41 Å². The minimum absolute atomic E-state index is 0.0334. The Hall–Kier alpha value is -3.62. The highest BCUT2D eigenvalue weighted by atomic mass is 35.5. The van der Waals surface area contributed by atoms with E-state index in [1.54, 1.807) is 36.4 Å². The number of amidine groups is 1. The van der Waals surface area contributed by atoms with Crippen molar-refractivity contribution in [3.8, 4) is 5.75 Å². The lowest BCUT2D eigenvalue weighted by molar-refractivity contribution is -0.147. The number of nitrogens with one attached hydrogen (secondary N) is 2. The maximum atomic E-state index is 12.3. The van der Waals surface area contributed by atoms with Gasteiger partial charge in [0.25, 0.3) is 0 Å². The molecule has 0 saturated heterocycles. The number of Topliss-reactive ketones (excluding diaryl/α,β-unsaturated/α-hetero) is 1. The van der Waals surface area contributed by atoms with Crippen LogP contribution in [-0.2, 0) is 27.4 Å². The molecule has 0 aliphatic carbocycles. The van der Waals surface area contributed by atoms with E-state index >= 15 is 0 Å². The summed E-state index contributed by atoms with van der Waals surface area (Å²) in [6, 6.07) is 23.3. The van der Waals surface area contributed by atoms with E-state index in [9.17, 15) is 14.4 Å². The normalized spacial score (nSPS) is 10.4. The van der Waals surface area contributed by atoms with Crippen molar-refractivity contribution in [2.45, 2.75) is 19.4 Å². The number of esters is 1. The third-order valence-electron chi connectivity index (χ3n) is 4.91. The Morgan fingerprint density at radius 2 is 1.58 bits per heavy atom. The van der Waals surface area contributed by atoms with Gasteiger partial charge in [0.2, 0.25) is 11.7 Å². The zero-order chi connectivity index (χ0) is 25.8. The number of ether oxygens (including phenoxy) is 2. The van der Waals surface area contributed by atoms with Crippen molar-refractivity contribution in [1.82, 2.24) is 5.32 Å². The Balaban J connectivity index is 1.32. The molecule has 7 nitrogen and oxygen atoms in total. The molecule has 0 heterocycles. The van der Waals surface area contributed by atoms with E-state index in [1.165, 1.54) is 11.8 Å². The van der Waals surface area contributed by atoms with Crippen LogP contribution in [0.4, 0.5) is 0 Å². The maximum absolute atomic E-state index is 12.3. The summed E-state index contributed by atoms with van der Waals surface area (Å²) in [5.41, 5.74) is 2.27. The van der Waals surface area contributed by atoms with Gasteiger partial charge < -0.3 is 14.8 Å². The number of halogens is 1. The predicted octanol–water partition coefficient (Wildman–Crippen LogP) is 5.06. The number of hydrogen-bond acceptors (Lipinski definition) is 7. The van der Waals surface area contributed by atoms with Crippen molar-refractivity contribution in [1.29, 1.82) is 5.41 Å². The van der Waals surface area contributed by atoms with E-state index in [0.717, 1.165) is 11.1 Å². The van der Waals surface area contributed by atoms with E-state index < -0.39 is 18.3 Å². The topological polar surface area (TPSA) is 106 Å². The zero-order valence-corrected chi connectivity index (χ0v) is 20.9. The van der Waals surface area contributed by atoms with Crippen molar-refractivity contribution in [2.24, 2.45) is 0 Å². The first-order valence-electron chi connectivity index (χ1n) is 11.1. The van der Waals surface area contributed by atoms with Crippen LogP contribution in [-0.4, -0.2) is 35.2 Å². The number of benzene rings is 3. The second kappa shape index (κ2) is 14.1. The molecule has 1 amide bonds. The van der Waals surface area contributed by atoms with Crippen LogP contribution in [0.1, 0.15) is 27.9 Å². The summed E-state index contributed by atoms with van der Waals surface area (Å²) >= 11 is 7.20. The van der Waals surface area contributed by atoms with Gasteiger partial charge in [0.1, 0.15) is 18.8 Å².